The first-order chi connectivity index (χ1) is 5.93. The third-order valence-corrected chi connectivity index (χ3v) is 1.70. The fraction of sp³-hybridized carbons (Fsp3) is 0.818. The van der Waals surface area contributed by atoms with Crippen LogP contribution >= 0.6 is 0 Å². The molecule has 0 fully saturated rings. The number of carbonyl (C=O) groups excluding carboxylic acids is 2. The number of hydrogen-bond acceptors (Lipinski definition) is 2. The van der Waals surface area contributed by atoms with Crippen LogP contribution in [0, 0.1) is 11.8 Å². The molecule has 0 aliphatic rings. The van der Waals surface area contributed by atoms with Gasteiger partial charge in [-0.3, -0.25) is 9.59 Å². The molecule has 0 aromatic carbocycles. The van der Waals surface area contributed by atoms with Crippen molar-refractivity contribution in [3.63, 3.8) is 0 Å². The van der Waals surface area contributed by atoms with E-state index < -0.39 is 0 Å². The predicted octanol–water partition coefficient (Wildman–Crippen LogP) is 2.01. The van der Waals surface area contributed by atoms with Gasteiger partial charge in [0.15, 0.2) is 5.78 Å². The Hall–Kier alpha value is -0.860. The molecule has 3 heteroatoms. The van der Waals surface area contributed by atoms with Crippen LogP contribution in [0.3, 0.4) is 0 Å². The van der Waals surface area contributed by atoms with Crippen LogP contribution < -0.4 is 5.32 Å². The lowest BCUT2D eigenvalue weighted by Gasteiger charge is -2.07. The van der Waals surface area contributed by atoms with Gasteiger partial charge in [-0.1, -0.05) is 35.1 Å². The highest BCUT2D eigenvalue weighted by molar-refractivity contribution is 5.87. The van der Waals surface area contributed by atoms with E-state index in [1.807, 2.05) is 27.7 Å². The summed E-state index contributed by atoms with van der Waals surface area (Å²) in [7, 11) is 0. The molecule has 0 aromatic heterocycles. The zero-order valence-corrected chi connectivity index (χ0v) is 8.89. The summed E-state index contributed by atoms with van der Waals surface area (Å²) < 4.78 is 0. The maximum Gasteiger partial charge on any atom is 0.220 e. The van der Waals surface area contributed by atoms with Gasteiger partial charge < -0.3 is 5.32 Å². The van der Waals surface area contributed by atoms with Gasteiger partial charge in [-0.15, -0.1) is 0 Å². The smallest absolute Gasteiger partial charge is 0.220 e. The Bertz CT molecular complexity index is 186. The molecule has 0 saturated heterocycles. The molecule has 0 atom stereocenters. The second-order valence-corrected chi connectivity index (χ2v) is 4.00. The first-order valence-electron chi connectivity index (χ1n) is 4.73. The van der Waals surface area contributed by atoms with E-state index in [2.05, 4.69) is 5.32 Å². The average Bonchev–Trinajstić information content (AvgIpc) is 1.98. The van der Waals surface area contributed by atoms with E-state index >= 15 is 0 Å². The number of nitrogens with one attached hydrogen (secondary N) is 1. The standard InChI is InChI=1S/C10H19NO2.CH4/c1-7(2)5-10(13)11-6-9(12)8(3)4;/h7-8H,5-6H2,1-4H3,(H,11,13);1H4. The zero-order chi connectivity index (χ0) is 10.4. The summed E-state index contributed by atoms with van der Waals surface area (Å²) >= 11 is 0. The Morgan fingerprint density at radius 1 is 1.14 bits per heavy atom. The molecule has 3 nitrogen and oxygen atoms in total. The molecule has 84 valence electrons. The monoisotopic (exact) mass is 201 g/mol. The molecule has 0 saturated carbocycles. The molecule has 0 unspecified atom stereocenters. The molecular weight excluding hydrogens is 178 g/mol. The molecule has 0 aliphatic carbocycles. The predicted molar refractivity (Wildman–Crippen MR) is 59.0 cm³/mol. The van der Waals surface area contributed by atoms with Crippen LogP contribution in [0.4, 0.5) is 0 Å². The van der Waals surface area contributed by atoms with Crippen molar-refractivity contribution in [1.29, 1.82) is 0 Å². The number of amides is 1. The van der Waals surface area contributed by atoms with Gasteiger partial charge in [0.1, 0.15) is 0 Å². The van der Waals surface area contributed by atoms with E-state index in [1.165, 1.54) is 0 Å². The van der Waals surface area contributed by atoms with Gasteiger partial charge in [-0.25, -0.2) is 0 Å². The molecule has 0 spiro atoms. The van der Waals surface area contributed by atoms with Crippen LogP contribution in [0.1, 0.15) is 41.5 Å². The van der Waals surface area contributed by atoms with E-state index in [0.29, 0.717) is 12.3 Å². The molecule has 1 amide bonds. The fourth-order valence-electron chi connectivity index (χ4n) is 0.833. The van der Waals surface area contributed by atoms with Gasteiger partial charge in [-0.05, 0) is 5.92 Å². The molecule has 0 heterocycles. The number of carbonyl (C=O) groups is 2. The highest BCUT2D eigenvalue weighted by Crippen LogP contribution is 1.98. The van der Waals surface area contributed by atoms with Gasteiger partial charge in [-0.2, -0.15) is 0 Å². The van der Waals surface area contributed by atoms with Crippen LogP contribution in [-0.2, 0) is 9.59 Å². The van der Waals surface area contributed by atoms with Crippen molar-refractivity contribution in [1.82, 2.24) is 5.32 Å². The Kier molecular flexibility index (Phi) is 8.40. The van der Waals surface area contributed by atoms with Crippen LogP contribution in [-0.4, -0.2) is 18.2 Å². The highest BCUT2D eigenvalue weighted by Gasteiger charge is 2.09. The van der Waals surface area contributed by atoms with Crippen molar-refractivity contribution in [2.24, 2.45) is 11.8 Å². The first-order valence-corrected chi connectivity index (χ1v) is 4.73. The summed E-state index contributed by atoms with van der Waals surface area (Å²) in [6, 6.07) is 0. The molecule has 0 radical (unpaired) electrons. The van der Waals surface area contributed by atoms with Crippen LogP contribution in [0.15, 0.2) is 0 Å². The lowest BCUT2D eigenvalue weighted by atomic mass is 10.1. The van der Waals surface area contributed by atoms with E-state index in [4.69, 9.17) is 0 Å². The van der Waals surface area contributed by atoms with Gasteiger partial charge in [0.2, 0.25) is 5.91 Å². The third-order valence-electron chi connectivity index (χ3n) is 1.70. The average molecular weight is 201 g/mol. The van der Waals surface area contributed by atoms with E-state index in [1.54, 1.807) is 0 Å². The van der Waals surface area contributed by atoms with Gasteiger partial charge in [0, 0.05) is 12.3 Å². The molecule has 0 bridgehead atoms. The van der Waals surface area contributed by atoms with Crippen molar-refractivity contribution < 1.29 is 9.59 Å². The second-order valence-electron chi connectivity index (χ2n) is 4.00. The van der Waals surface area contributed by atoms with Crippen molar-refractivity contribution in [2.45, 2.75) is 41.5 Å². The van der Waals surface area contributed by atoms with Gasteiger partial charge in [0.25, 0.3) is 0 Å². The molecule has 0 aliphatic heterocycles. The van der Waals surface area contributed by atoms with E-state index in [9.17, 15) is 9.59 Å². The maximum atomic E-state index is 11.1. The van der Waals surface area contributed by atoms with Crippen molar-refractivity contribution in [2.75, 3.05) is 6.54 Å². The van der Waals surface area contributed by atoms with E-state index in [-0.39, 0.29) is 31.6 Å². The maximum absolute atomic E-state index is 11.1. The minimum atomic E-state index is -0.0380. The highest BCUT2D eigenvalue weighted by atomic mass is 16.2. The number of hydrogen-bond donors (Lipinski definition) is 1. The Morgan fingerprint density at radius 3 is 2.00 bits per heavy atom. The SMILES string of the molecule is C.CC(C)CC(=O)NCC(=O)C(C)C. The number of ketones is 1. The van der Waals surface area contributed by atoms with Crippen LogP contribution in [0.5, 0.6) is 0 Å². The zero-order valence-electron chi connectivity index (χ0n) is 8.89. The largest absolute Gasteiger partial charge is 0.349 e. The Balaban J connectivity index is 0. The third kappa shape index (κ3) is 7.77. The van der Waals surface area contributed by atoms with Crippen LogP contribution in [0.25, 0.3) is 0 Å². The molecule has 1 N–H and O–H groups in total. The van der Waals surface area contributed by atoms with Crippen molar-refractivity contribution >= 4 is 11.7 Å². The molecule has 0 aromatic rings. The summed E-state index contributed by atoms with van der Waals surface area (Å²) in [6.07, 6.45) is 0.491. The quantitative estimate of drug-likeness (QED) is 0.739. The van der Waals surface area contributed by atoms with Gasteiger partial charge >= 0.3 is 0 Å². The first kappa shape index (κ1) is 15.6. The Morgan fingerprint density at radius 2 is 1.64 bits per heavy atom. The Labute approximate surface area is 87.3 Å². The summed E-state index contributed by atoms with van der Waals surface area (Å²) in [4.78, 5) is 22.2. The lowest BCUT2D eigenvalue weighted by Crippen LogP contribution is -2.32. The van der Waals surface area contributed by atoms with Crippen LogP contribution in [0.2, 0.25) is 0 Å². The summed E-state index contributed by atoms with van der Waals surface area (Å²) in [5.41, 5.74) is 0. The van der Waals surface area contributed by atoms with E-state index in [0.717, 1.165) is 0 Å². The van der Waals surface area contributed by atoms with Gasteiger partial charge in [0.05, 0.1) is 6.54 Å². The normalized spacial score (nSPS) is 9.86. The number of rotatable bonds is 5. The molecular formula is C11H23NO2. The fourth-order valence-corrected chi connectivity index (χ4v) is 0.833. The summed E-state index contributed by atoms with van der Waals surface area (Å²) in [5.74, 6) is 0.384. The van der Waals surface area contributed by atoms with Crippen molar-refractivity contribution in [3.05, 3.63) is 0 Å². The summed E-state index contributed by atoms with van der Waals surface area (Å²) in [5, 5.41) is 2.61. The topological polar surface area (TPSA) is 46.2 Å². The number of Topliss-reactive ketones (excluding diaryl/α,β-unsaturated/α-hetero) is 1. The minimum absolute atomic E-state index is 0. The lowest BCUT2D eigenvalue weighted by molar-refractivity contribution is -0.126. The molecule has 0 rings (SSSR count). The minimum Gasteiger partial charge on any atom is -0.349 e. The van der Waals surface area contributed by atoms with Crippen molar-refractivity contribution in [3.8, 4) is 0 Å². The molecule has 14 heavy (non-hydrogen) atoms. The summed E-state index contributed by atoms with van der Waals surface area (Å²) in [6.45, 7) is 7.78. The second kappa shape index (κ2) is 7.54.